The summed E-state index contributed by atoms with van der Waals surface area (Å²) in [6.45, 7) is 5.64. The standard InChI is InChI=1S/C22H22N4O2/c1-14(19-15(2)23-25(21(19)27)17-10-6-4-7-11-17)20-16(3)24-26(22(20)28)18-12-8-5-9-13-18/h4-14,19-20H,1-3H3. The van der Waals surface area contributed by atoms with E-state index in [2.05, 4.69) is 10.2 Å². The predicted octanol–water partition coefficient (Wildman–Crippen LogP) is 3.70. The Morgan fingerprint density at radius 2 is 1.07 bits per heavy atom. The maximum atomic E-state index is 13.1. The Morgan fingerprint density at radius 1 is 0.714 bits per heavy atom. The molecule has 0 fully saturated rings. The van der Waals surface area contributed by atoms with Crippen LogP contribution in [0.4, 0.5) is 11.4 Å². The Kier molecular flexibility index (Phi) is 4.55. The molecule has 2 heterocycles. The summed E-state index contributed by atoms with van der Waals surface area (Å²) in [5, 5.41) is 11.8. The monoisotopic (exact) mass is 374 g/mol. The summed E-state index contributed by atoms with van der Waals surface area (Å²) in [7, 11) is 0. The molecule has 2 aliphatic rings. The van der Waals surface area contributed by atoms with E-state index in [9.17, 15) is 9.59 Å². The molecule has 2 amide bonds. The smallest absolute Gasteiger partial charge is 0.256 e. The Hall–Kier alpha value is -3.28. The van der Waals surface area contributed by atoms with E-state index in [4.69, 9.17) is 0 Å². The van der Waals surface area contributed by atoms with Crippen LogP contribution >= 0.6 is 0 Å². The molecule has 2 aromatic carbocycles. The van der Waals surface area contributed by atoms with Crippen molar-refractivity contribution in [1.29, 1.82) is 0 Å². The van der Waals surface area contributed by atoms with Crippen LogP contribution in [0.25, 0.3) is 0 Å². The summed E-state index contributed by atoms with van der Waals surface area (Å²) < 4.78 is 0. The Morgan fingerprint density at radius 3 is 1.43 bits per heavy atom. The van der Waals surface area contributed by atoms with E-state index in [0.29, 0.717) is 0 Å². The summed E-state index contributed by atoms with van der Waals surface area (Å²) in [4.78, 5) is 26.3. The van der Waals surface area contributed by atoms with Gasteiger partial charge in [0.15, 0.2) is 0 Å². The highest BCUT2D eigenvalue weighted by molar-refractivity contribution is 6.18. The van der Waals surface area contributed by atoms with Gasteiger partial charge in [0, 0.05) is 11.4 Å². The second kappa shape index (κ2) is 7.03. The van der Waals surface area contributed by atoms with Crippen molar-refractivity contribution in [2.45, 2.75) is 20.8 Å². The SMILES string of the molecule is CC1=NN(c2ccccc2)C(=O)C1C(C)C1C(=O)N(c2ccccc2)N=C1C. The van der Waals surface area contributed by atoms with Crippen LogP contribution in [0.2, 0.25) is 0 Å². The molecule has 0 saturated carbocycles. The van der Waals surface area contributed by atoms with E-state index in [0.717, 1.165) is 22.8 Å². The molecule has 0 aromatic heterocycles. The minimum absolute atomic E-state index is 0.102. The number of hydrogen-bond donors (Lipinski definition) is 0. The predicted molar refractivity (Wildman–Crippen MR) is 110 cm³/mol. The molecular weight excluding hydrogens is 352 g/mol. The van der Waals surface area contributed by atoms with Crippen molar-refractivity contribution in [2.75, 3.05) is 10.0 Å². The minimum Gasteiger partial charge on any atom is -0.272 e. The molecule has 0 aliphatic carbocycles. The first kappa shape index (κ1) is 18.1. The number of amides is 2. The zero-order valence-electron chi connectivity index (χ0n) is 16.1. The van der Waals surface area contributed by atoms with Crippen molar-refractivity contribution in [1.82, 2.24) is 0 Å². The molecule has 0 bridgehead atoms. The number of carbonyl (C=O) groups excluding carboxylic acids is 2. The van der Waals surface area contributed by atoms with Gasteiger partial charge in [0.1, 0.15) is 0 Å². The molecule has 0 N–H and O–H groups in total. The number of carbonyl (C=O) groups is 2. The zero-order chi connectivity index (χ0) is 19.8. The van der Waals surface area contributed by atoms with Crippen molar-refractivity contribution >= 4 is 34.6 Å². The molecule has 2 atom stereocenters. The topological polar surface area (TPSA) is 65.3 Å². The van der Waals surface area contributed by atoms with E-state index < -0.39 is 11.8 Å². The van der Waals surface area contributed by atoms with Gasteiger partial charge in [-0.15, -0.1) is 0 Å². The third kappa shape index (κ3) is 2.91. The van der Waals surface area contributed by atoms with E-state index in [1.54, 1.807) is 0 Å². The summed E-state index contributed by atoms with van der Waals surface area (Å²) >= 11 is 0. The summed E-state index contributed by atoms with van der Waals surface area (Å²) in [5.41, 5.74) is 2.91. The molecule has 2 unspecified atom stereocenters. The first-order valence-corrected chi connectivity index (χ1v) is 9.37. The molecule has 0 saturated heterocycles. The second-order valence-corrected chi connectivity index (χ2v) is 7.27. The summed E-state index contributed by atoms with van der Waals surface area (Å²) in [6.07, 6.45) is 0. The molecule has 6 heteroatoms. The van der Waals surface area contributed by atoms with Gasteiger partial charge in [0.25, 0.3) is 11.8 Å². The van der Waals surface area contributed by atoms with Crippen LogP contribution < -0.4 is 10.0 Å². The molecule has 0 spiro atoms. The van der Waals surface area contributed by atoms with Crippen LogP contribution in [0.1, 0.15) is 20.8 Å². The molecule has 6 nitrogen and oxygen atoms in total. The van der Waals surface area contributed by atoms with Crippen molar-refractivity contribution < 1.29 is 9.59 Å². The van der Waals surface area contributed by atoms with Gasteiger partial charge >= 0.3 is 0 Å². The number of benzene rings is 2. The van der Waals surface area contributed by atoms with Gasteiger partial charge < -0.3 is 0 Å². The average Bonchev–Trinajstić information content (AvgIpc) is 3.17. The number of anilines is 2. The quantitative estimate of drug-likeness (QED) is 0.819. The van der Waals surface area contributed by atoms with Crippen molar-refractivity contribution in [3.05, 3.63) is 60.7 Å². The molecule has 2 aromatic rings. The molecule has 2 aliphatic heterocycles. The lowest BCUT2D eigenvalue weighted by molar-refractivity contribution is -0.123. The fourth-order valence-corrected chi connectivity index (χ4v) is 4.07. The van der Waals surface area contributed by atoms with Gasteiger partial charge in [0.05, 0.1) is 23.2 Å². The van der Waals surface area contributed by atoms with Crippen LogP contribution in [-0.2, 0) is 9.59 Å². The van der Waals surface area contributed by atoms with Crippen LogP contribution in [0.3, 0.4) is 0 Å². The van der Waals surface area contributed by atoms with E-state index in [1.807, 2.05) is 81.4 Å². The Labute approximate surface area is 164 Å². The maximum Gasteiger partial charge on any atom is 0.256 e. The third-order valence-electron chi connectivity index (χ3n) is 5.42. The normalized spacial score (nSPS) is 23.1. The number of hydrogen-bond acceptors (Lipinski definition) is 4. The van der Waals surface area contributed by atoms with Gasteiger partial charge in [0.2, 0.25) is 0 Å². The largest absolute Gasteiger partial charge is 0.272 e. The van der Waals surface area contributed by atoms with Gasteiger partial charge in [-0.05, 0) is 44.0 Å². The highest BCUT2D eigenvalue weighted by Gasteiger charge is 2.47. The summed E-state index contributed by atoms with van der Waals surface area (Å²) in [5.74, 6) is -1.34. The molecule has 142 valence electrons. The molecule has 0 radical (unpaired) electrons. The van der Waals surface area contributed by atoms with Gasteiger partial charge in [-0.2, -0.15) is 10.2 Å². The maximum absolute atomic E-state index is 13.1. The van der Waals surface area contributed by atoms with Crippen molar-refractivity contribution in [3.8, 4) is 0 Å². The molecule has 4 rings (SSSR count). The molecule has 28 heavy (non-hydrogen) atoms. The first-order chi connectivity index (χ1) is 13.5. The van der Waals surface area contributed by atoms with E-state index >= 15 is 0 Å². The summed E-state index contributed by atoms with van der Waals surface area (Å²) in [6, 6.07) is 18.7. The van der Waals surface area contributed by atoms with Crippen molar-refractivity contribution in [2.24, 2.45) is 28.0 Å². The van der Waals surface area contributed by atoms with Gasteiger partial charge in [-0.1, -0.05) is 43.3 Å². The lowest BCUT2D eigenvalue weighted by Gasteiger charge is -2.24. The lowest BCUT2D eigenvalue weighted by Crippen LogP contribution is -2.40. The zero-order valence-corrected chi connectivity index (χ0v) is 16.1. The van der Waals surface area contributed by atoms with Crippen LogP contribution in [0, 0.1) is 17.8 Å². The Bertz CT molecular complexity index is 889. The number of nitrogens with zero attached hydrogens (tertiary/aromatic N) is 4. The Balaban J connectivity index is 1.59. The molecular formula is C22H22N4O2. The average molecular weight is 374 g/mol. The number of hydrazone groups is 2. The fourth-order valence-electron chi connectivity index (χ4n) is 4.07. The van der Waals surface area contributed by atoms with E-state index in [1.165, 1.54) is 10.0 Å². The van der Waals surface area contributed by atoms with Gasteiger partial charge in [-0.25, -0.2) is 10.0 Å². The van der Waals surface area contributed by atoms with Crippen molar-refractivity contribution in [3.63, 3.8) is 0 Å². The van der Waals surface area contributed by atoms with Crippen LogP contribution in [0.15, 0.2) is 70.9 Å². The lowest BCUT2D eigenvalue weighted by atomic mass is 9.78. The van der Waals surface area contributed by atoms with E-state index in [-0.39, 0.29) is 17.7 Å². The number of para-hydroxylation sites is 2. The fraction of sp³-hybridized carbons (Fsp3) is 0.273. The first-order valence-electron chi connectivity index (χ1n) is 9.37. The minimum atomic E-state index is -0.449. The second-order valence-electron chi connectivity index (χ2n) is 7.27. The third-order valence-corrected chi connectivity index (χ3v) is 5.42. The van der Waals surface area contributed by atoms with Crippen LogP contribution in [0.5, 0.6) is 0 Å². The van der Waals surface area contributed by atoms with Gasteiger partial charge in [-0.3, -0.25) is 9.59 Å². The van der Waals surface area contributed by atoms with Crippen LogP contribution in [-0.4, -0.2) is 23.2 Å². The highest BCUT2D eigenvalue weighted by Crippen LogP contribution is 2.36. The number of rotatable bonds is 4. The highest BCUT2D eigenvalue weighted by atomic mass is 16.2.